The third-order valence-electron chi connectivity index (χ3n) is 4.16. The van der Waals surface area contributed by atoms with Crippen molar-refractivity contribution in [3.05, 3.63) is 23.8 Å². The molecule has 3 rings (SSSR count). The maximum atomic E-state index is 10.7. The smallest absolute Gasteiger partial charge is 0.303 e. The monoisotopic (exact) mass is 291 g/mol. The molecular formula is C16H21NO4. The Balaban J connectivity index is 1.74. The van der Waals surface area contributed by atoms with Gasteiger partial charge in [-0.2, -0.15) is 0 Å². The Kier molecular flexibility index (Phi) is 4.29. The van der Waals surface area contributed by atoms with Gasteiger partial charge in [-0.15, -0.1) is 0 Å². The molecule has 0 amide bonds. The predicted molar refractivity (Wildman–Crippen MR) is 77.8 cm³/mol. The van der Waals surface area contributed by atoms with Crippen LogP contribution in [0, 0.1) is 0 Å². The summed E-state index contributed by atoms with van der Waals surface area (Å²) in [6, 6.07) is 6.38. The van der Waals surface area contributed by atoms with Gasteiger partial charge in [0.1, 0.15) is 13.2 Å². The number of carboxylic acids is 1. The SMILES string of the molecule is O=C(O)CCCN1CCCC1c1cccc2c1OCCO2. The molecule has 2 aliphatic rings. The molecule has 21 heavy (non-hydrogen) atoms. The summed E-state index contributed by atoms with van der Waals surface area (Å²) >= 11 is 0. The van der Waals surface area contributed by atoms with Crippen LogP contribution in [-0.2, 0) is 4.79 Å². The molecule has 1 aromatic rings. The lowest BCUT2D eigenvalue weighted by molar-refractivity contribution is -0.137. The molecule has 1 aromatic carbocycles. The van der Waals surface area contributed by atoms with Crippen molar-refractivity contribution in [3.63, 3.8) is 0 Å². The number of hydrogen-bond acceptors (Lipinski definition) is 4. The Morgan fingerprint density at radius 1 is 1.33 bits per heavy atom. The van der Waals surface area contributed by atoms with Crippen molar-refractivity contribution in [1.82, 2.24) is 4.90 Å². The zero-order chi connectivity index (χ0) is 14.7. The highest BCUT2D eigenvalue weighted by Gasteiger charge is 2.30. The maximum absolute atomic E-state index is 10.7. The lowest BCUT2D eigenvalue weighted by atomic mass is 10.0. The first-order chi connectivity index (χ1) is 10.3. The highest BCUT2D eigenvalue weighted by atomic mass is 16.6. The van der Waals surface area contributed by atoms with Crippen molar-refractivity contribution in [3.8, 4) is 11.5 Å². The van der Waals surface area contributed by atoms with E-state index < -0.39 is 5.97 Å². The average molecular weight is 291 g/mol. The van der Waals surface area contributed by atoms with Crippen LogP contribution >= 0.6 is 0 Å². The van der Waals surface area contributed by atoms with Crippen LogP contribution in [0.1, 0.15) is 37.3 Å². The standard InChI is InChI=1S/C16H21NO4/c18-15(19)7-3-9-17-8-2-5-13(17)12-4-1-6-14-16(12)21-11-10-20-14/h1,4,6,13H,2-3,5,7-11H2,(H,18,19). The van der Waals surface area contributed by atoms with E-state index in [0.717, 1.165) is 37.4 Å². The molecule has 114 valence electrons. The molecule has 0 radical (unpaired) electrons. The van der Waals surface area contributed by atoms with E-state index in [0.29, 0.717) is 25.7 Å². The lowest BCUT2D eigenvalue weighted by Crippen LogP contribution is -2.26. The van der Waals surface area contributed by atoms with Gasteiger partial charge in [0.15, 0.2) is 11.5 Å². The van der Waals surface area contributed by atoms with Crippen molar-refractivity contribution in [1.29, 1.82) is 0 Å². The first kappa shape index (κ1) is 14.2. The molecule has 0 saturated carbocycles. The highest BCUT2D eigenvalue weighted by Crippen LogP contribution is 2.42. The molecule has 1 unspecified atom stereocenters. The fourth-order valence-corrected chi connectivity index (χ4v) is 3.24. The van der Waals surface area contributed by atoms with Crippen LogP contribution in [0.5, 0.6) is 11.5 Å². The second-order valence-corrected chi connectivity index (χ2v) is 5.56. The van der Waals surface area contributed by atoms with Crippen LogP contribution in [0.4, 0.5) is 0 Å². The first-order valence-corrected chi connectivity index (χ1v) is 7.60. The minimum atomic E-state index is -0.723. The van der Waals surface area contributed by atoms with Crippen LogP contribution in [0.25, 0.3) is 0 Å². The van der Waals surface area contributed by atoms with E-state index in [1.165, 1.54) is 5.56 Å². The number of rotatable bonds is 5. The Bertz CT molecular complexity index is 517. The third-order valence-corrected chi connectivity index (χ3v) is 4.16. The number of aliphatic carboxylic acids is 1. The molecule has 1 atom stereocenters. The second kappa shape index (κ2) is 6.35. The summed E-state index contributed by atoms with van der Waals surface area (Å²) in [5, 5.41) is 8.77. The lowest BCUT2D eigenvalue weighted by Gasteiger charge is -2.28. The molecule has 5 nitrogen and oxygen atoms in total. The molecule has 0 spiro atoms. The molecule has 5 heteroatoms. The Labute approximate surface area is 124 Å². The van der Waals surface area contributed by atoms with Gasteiger partial charge >= 0.3 is 5.97 Å². The van der Waals surface area contributed by atoms with Gasteiger partial charge in [0.2, 0.25) is 0 Å². The zero-order valence-electron chi connectivity index (χ0n) is 12.1. The van der Waals surface area contributed by atoms with Crippen molar-refractivity contribution in [2.24, 2.45) is 0 Å². The molecule has 0 bridgehead atoms. The summed E-state index contributed by atoms with van der Waals surface area (Å²) in [6.07, 6.45) is 3.16. The molecule has 2 heterocycles. The van der Waals surface area contributed by atoms with Crippen LogP contribution in [0.3, 0.4) is 0 Å². The summed E-state index contributed by atoms with van der Waals surface area (Å²) in [5.41, 5.74) is 1.18. The summed E-state index contributed by atoms with van der Waals surface area (Å²) in [7, 11) is 0. The van der Waals surface area contributed by atoms with Gasteiger partial charge in [-0.1, -0.05) is 12.1 Å². The van der Waals surface area contributed by atoms with Gasteiger partial charge < -0.3 is 14.6 Å². The van der Waals surface area contributed by atoms with E-state index in [1.54, 1.807) is 0 Å². The Hall–Kier alpha value is -1.75. The molecule has 2 aliphatic heterocycles. The van der Waals surface area contributed by atoms with Gasteiger partial charge in [0.05, 0.1) is 0 Å². The number of likely N-dealkylation sites (tertiary alicyclic amines) is 1. The minimum Gasteiger partial charge on any atom is -0.486 e. The normalized spacial score (nSPS) is 21.4. The number of para-hydroxylation sites is 1. The van der Waals surface area contributed by atoms with E-state index in [-0.39, 0.29) is 6.42 Å². The largest absolute Gasteiger partial charge is 0.486 e. The Morgan fingerprint density at radius 2 is 2.19 bits per heavy atom. The number of carbonyl (C=O) groups is 1. The van der Waals surface area contributed by atoms with Gasteiger partial charge in [-0.05, 0) is 38.4 Å². The fourth-order valence-electron chi connectivity index (χ4n) is 3.24. The topological polar surface area (TPSA) is 59.0 Å². The van der Waals surface area contributed by atoms with Crippen LogP contribution in [-0.4, -0.2) is 42.3 Å². The van der Waals surface area contributed by atoms with Crippen molar-refractivity contribution < 1.29 is 19.4 Å². The zero-order valence-corrected chi connectivity index (χ0v) is 12.1. The molecule has 0 aromatic heterocycles. The molecular weight excluding hydrogens is 270 g/mol. The number of nitrogens with zero attached hydrogens (tertiary/aromatic N) is 1. The Morgan fingerprint density at radius 3 is 3.05 bits per heavy atom. The molecule has 1 saturated heterocycles. The van der Waals surface area contributed by atoms with Crippen molar-refractivity contribution in [2.45, 2.75) is 31.7 Å². The van der Waals surface area contributed by atoms with Crippen LogP contribution in [0.15, 0.2) is 18.2 Å². The molecule has 1 fully saturated rings. The van der Waals surface area contributed by atoms with Crippen LogP contribution in [0.2, 0.25) is 0 Å². The van der Waals surface area contributed by atoms with Gasteiger partial charge in [0, 0.05) is 18.0 Å². The fraction of sp³-hybridized carbons (Fsp3) is 0.562. The van der Waals surface area contributed by atoms with E-state index in [4.69, 9.17) is 14.6 Å². The number of ether oxygens (including phenoxy) is 2. The summed E-state index contributed by atoms with van der Waals surface area (Å²) in [6.45, 7) is 3.04. The summed E-state index contributed by atoms with van der Waals surface area (Å²) in [5.74, 6) is 0.981. The maximum Gasteiger partial charge on any atom is 0.303 e. The number of hydrogen-bond donors (Lipinski definition) is 1. The number of fused-ring (bicyclic) bond motifs is 1. The second-order valence-electron chi connectivity index (χ2n) is 5.56. The minimum absolute atomic E-state index is 0.232. The quantitative estimate of drug-likeness (QED) is 0.903. The van der Waals surface area contributed by atoms with E-state index in [1.807, 2.05) is 12.1 Å². The van der Waals surface area contributed by atoms with E-state index in [2.05, 4.69) is 11.0 Å². The van der Waals surface area contributed by atoms with Crippen LogP contribution < -0.4 is 9.47 Å². The van der Waals surface area contributed by atoms with Crippen molar-refractivity contribution in [2.75, 3.05) is 26.3 Å². The molecule has 1 N–H and O–H groups in total. The summed E-state index contributed by atoms with van der Waals surface area (Å²) in [4.78, 5) is 13.0. The average Bonchev–Trinajstić information content (AvgIpc) is 2.94. The van der Waals surface area contributed by atoms with Crippen molar-refractivity contribution >= 4 is 5.97 Å². The van der Waals surface area contributed by atoms with Gasteiger partial charge in [0.25, 0.3) is 0 Å². The van der Waals surface area contributed by atoms with E-state index in [9.17, 15) is 4.79 Å². The van der Waals surface area contributed by atoms with E-state index >= 15 is 0 Å². The highest BCUT2D eigenvalue weighted by molar-refractivity contribution is 5.66. The molecule has 0 aliphatic carbocycles. The third kappa shape index (κ3) is 3.13. The predicted octanol–water partition coefficient (Wildman–Crippen LogP) is 2.46. The summed E-state index contributed by atoms with van der Waals surface area (Å²) < 4.78 is 11.5. The van der Waals surface area contributed by atoms with Gasteiger partial charge in [-0.25, -0.2) is 0 Å². The number of benzene rings is 1. The van der Waals surface area contributed by atoms with Gasteiger partial charge in [-0.3, -0.25) is 9.69 Å². The first-order valence-electron chi connectivity index (χ1n) is 7.60. The number of carboxylic acid groups (broad SMARTS) is 1.